The van der Waals surface area contributed by atoms with Gasteiger partial charge in [-0.25, -0.2) is 0 Å². The molecule has 3 nitrogen and oxygen atoms in total. The lowest BCUT2D eigenvalue weighted by Gasteiger charge is -2.31. The van der Waals surface area contributed by atoms with Gasteiger partial charge >= 0.3 is 12.2 Å². The minimum Gasteiger partial charge on any atom is -0.421 e. The highest BCUT2D eigenvalue weighted by atomic mass is 32.2. The summed E-state index contributed by atoms with van der Waals surface area (Å²) >= 11 is 1.99. The number of halogens is 4. The molecule has 0 N–H and O–H groups in total. The fourth-order valence-electron chi connectivity index (χ4n) is 2.60. The lowest BCUT2D eigenvalue weighted by Crippen LogP contribution is -2.52. The molecule has 0 saturated heterocycles. The van der Waals surface area contributed by atoms with Crippen LogP contribution in [-0.4, -0.2) is 31.7 Å². The van der Waals surface area contributed by atoms with Crippen molar-refractivity contribution in [2.75, 3.05) is 19.5 Å². The molecule has 166 valence electrons. The predicted octanol–water partition coefficient (Wildman–Crippen LogP) is 6.80. The van der Waals surface area contributed by atoms with E-state index in [1.54, 1.807) is 12.7 Å². The molecule has 2 aliphatic heterocycles. The Morgan fingerprint density at radius 2 is 1.50 bits per heavy atom. The Morgan fingerprint density at radius 1 is 0.933 bits per heavy atom. The SMILES string of the molecule is CCCCOC.FC1(F)Oc2ccccc2OC1(F)F.c1ccc2c(c1)CCCS2. The van der Waals surface area contributed by atoms with Gasteiger partial charge in [-0.05, 0) is 48.8 Å². The van der Waals surface area contributed by atoms with Crippen LogP contribution in [0.5, 0.6) is 11.5 Å². The normalized spacial score (nSPS) is 17.4. The van der Waals surface area contributed by atoms with E-state index in [1.807, 2.05) is 11.8 Å². The summed E-state index contributed by atoms with van der Waals surface area (Å²) in [6.07, 6.45) is -4.22. The molecule has 0 spiro atoms. The summed E-state index contributed by atoms with van der Waals surface area (Å²) in [5.74, 6) is 0.503. The van der Waals surface area contributed by atoms with E-state index >= 15 is 0 Å². The second-order valence-electron chi connectivity index (χ2n) is 6.59. The van der Waals surface area contributed by atoms with Crippen LogP contribution in [0.15, 0.2) is 53.4 Å². The number of fused-ring (bicyclic) bond motifs is 2. The molecule has 2 heterocycles. The summed E-state index contributed by atoms with van der Waals surface area (Å²) in [4.78, 5) is 1.49. The second-order valence-corrected chi connectivity index (χ2v) is 7.73. The van der Waals surface area contributed by atoms with Crippen LogP contribution < -0.4 is 9.47 Å². The first-order chi connectivity index (χ1) is 14.3. The van der Waals surface area contributed by atoms with Gasteiger partial charge in [0.15, 0.2) is 11.5 Å². The summed E-state index contributed by atoms with van der Waals surface area (Å²) in [5, 5.41) is 0. The van der Waals surface area contributed by atoms with Crippen molar-refractivity contribution in [2.45, 2.75) is 49.7 Å². The largest absolute Gasteiger partial charge is 0.507 e. The van der Waals surface area contributed by atoms with Gasteiger partial charge in [0.25, 0.3) is 0 Å². The number of methoxy groups -OCH3 is 1. The van der Waals surface area contributed by atoms with Crippen LogP contribution in [0, 0.1) is 0 Å². The first-order valence-corrected chi connectivity index (χ1v) is 10.7. The molecular formula is C22H26F4O3S. The Morgan fingerprint density at radius 3 is 2.00 bits per heavy atom. The Hall–Kier alpha value is -1.93. The number of benzene rings is 2. The smallest absolute Gasteiger partial charge is 0.421 e. The maximum atomic E-state index is 12.6. The van der Waals surface area contributed by atoms with Gasteiger partial charge in [0.2, 0.25) is 0 Å². The van der Waals surface area contributed by atoms with Crippen LogP contribution in [0.25, 0.3) is 0 Å². The number of thioether (sulfide) groups is 1. The van der Waals surface area contributed by atoms with Gasteiger partial charge in [-0.1, -0.05) is 43.7 Å². The highest BCUT2D eigenvalue weighted by molar-refractivity contribution is 7.99. The average Bonchev–Trinajstić information content (AvgIpc) is 2.73. The first-order valence-electron chi connectivity index (χ1n) is 9.73. The summed E-state index contributed by atoms with van der Waals surface area (Å²) in [6.45, 7) is 3.07. The van der Waals surface area contributed by atoms with Crippen molar-refractivity contribution in [2.24, 2.45) is 0 Å². The minimum atomic E-state index is -4.64. The molecule has 30 heavy (non-hydrogen) atoms. The maximum Gasteiger partial charge on any atom is 0.507 e. The van der Waals surface area contributed by atoms with E-state index in [1.165, 1.54) is 48.5 Å². The van der Waals surface area contributed by atoms with Crippen molar-refractivity contribution in [3.05, 3.63) is 54.1 Å². The quantitative estimate of drug-likeness (QED) is 0.383. The summed E-state index contributed by atoms with van der Waals surface area (Å²) in [6, 6.07) is 13.7. The first kappa shape index (κ1) is 24.3. The van der Waals surface area contributed by atoms with Gasteiger partial charge < -0.3 is 14.2 Å². The zero-order chi connectivity index (χ0) is 22.0. The van der Waals surface area contributed by atoms with Crippen molar-refractivity contribution in [3.8, 4) is 11.5 Å². The van der Waals surface area contributed by atoms with Gasteiger partial charge in [0.1, 0.15) is 0 Å². The molecule has 0 saturated carbocycles. The maximum absolute atomic E-state index is 12.6. The predicted molar refractivity (Wildman–Crippen MR) is 110 cm³/mol. The van der Waals surface area contributed by atoms with Crippen molar-refractivity contribution in [1.82, 2.24) is 0 Å². The molecule has 0 unspecified atom stereocenters. The molecule has 0 radical (unpaired) electrons. The number of para-hydroxylation sites is 2. The van der Waals surface area contributed by atoms with E-state index in [0.29, 0.717) is 0 Å². The number of aryl methyl sites for hydroxylation is 1. The van der Waals surface area contributed by atoms with E-state index < -0.39 is 23.7 Å². The molecule has 4 rings (SSSR count). The Labute approximate surface area is 178 Å². The standard InChI is InChI=1S/C9H10S.C8H4F4O2.C5H12O/c1-2-6-9-8(4-1)5-3-7-10-9;9-7(10)8(11,12)14-6-4-2-1-3-5(6)13-7;1-3-4-5-6-2/h1-2,4,6H,3,5,7H2;1-4H;3-5H2,1-2H3. The van der Waals surface area contributed by atoms with E-state index in [9.17, 15) is 17.6 Å². The summed E-state index contributed by atoms with van der Waals surface area (Å²) in [7, 11) is 1.73. The lowest BCUT2D eigenvalue weighted by atomic mass is 10.1. The van der Waals surface area contributed by atoms with Crippen LogP contribution >= 0.6 is 11.8 Å². The molecule has 8 heteroatoms. The fraction of sp³-hybridized carbons (Fsp3) is 0.455. The highest BCUT2D eigenvalue weighted by Gasteiger charge is 2.65. The van der Waals surface area contributed by atoms with Crippen molar-refractivity contribution < 1.29 is 31.8 Å². The van der Waals surface area contributed by atoms with Crippen molar-refractivity contribution in [3.63, 3.8) is 0 Å². The minimum absolute atomic E-state index is 0.400. The van der Waals surface area contributed by atoms with Gasteiger partial charge in [-0.2, -0.15) is 17.6 Å². The Kier molecular flexibility index (Phi) is 9.30. The van der Waals surface area contributed by atoms with E-state index in [2.05, 4.69) is 40.7 Å². The number of hydrogen-bond acceptors (Lipinski definition) is 4. The molecule has 2 aromatic carbocycles. The average molecular weight is 447 g/mol. The number of alkyl halides is 4. The van der Waals surface area contributed by atoms with E-state index in [-0.39, 0.29) is 0 Å². The van der Waals surface area contributed by atoms with Gasteiger partial charge in [-0.3, -0.25) is 0 Å². The molecule has 0 aromatic heterocycles. The van der Waals surface area contributed by atoms with E-state index in [4.69, 9.17) is 4.74 Å². The van der Waals surface area contributed by atoms with Crippen LogP contribution in [0.1, 0.15) is 31.7 Å². The monoisotopic (exact) mass is 446 g/mol. The lowest BCUT2D eigenvalue weighted by molar-refractivity contribution is -0.391. The Bertz CT molecular complexity index is 722. The zero-order valence-electron chi connectivity index (χ0n) is 17.0. The third-order valence-corrected chi connectivity index (χ3v) is 5.39. The Balaban J connectivity index is 0.000000175. The summed E-state index contributed by atoms with van der Waals surface area (Å²) in [5.41, 5.74) is 1.54. The third kappa shape index (κ3) is 6.80. The van der Waals surface area contributed by atoms with E-state index in [0.717, 1.165) is 18.7 Å². The molecule has 0 atom stereocenters. The third-order valence-electron chi connectivity index (χ3n) is 4.19. The zero-order valence-corrected chi connectivity index (χ0v) is 17.8. The van der Waals surface area contributed by atoms with Crippen LogP contribution in [0.4, 0.5) is 17.6 Å². The number of hydrogen-bond donors (Lipinski definition) is 0. The number of ether oxygens (including phenoxy) is 3. The molecule has 2 aliphatic rings. The molecule has 0 fully saturated rings. The van der Waals surface area contributed by atoms with Gasteiger partial charge in [0, 0.05) is 18.6 Å². The number of unbranched alkanes of at least 4 members (excludes halogenated alkanes) is 1. The second kappa shape index (κ2) is 11.5. The van der Waals surface area contributed by atoms with Gasteiger partial charge in [0.05, 0.1) is 0 Å². The topological polar surface area (TPSA) is 27.7 Å². The van der Waals surface area contributed by atoms with Gasteiger partial charge in [-0.15, -0.1) is 11.8 Å². The highest BCUT2D eigenvalue weighted by Crippen LogP contribution is 2.46. The summed E-state index contributed by atoms with van der Waals surface area (Å²) < 4.78 is 62.7. The van der Waals surface area contributed by atoms with Crippen molar-refractivity contribution >= 4 is 11.8 Å². The van der Waals surface area contributed by atoms with Crippen molar-refractivity contribution in [1.29, 1.82) is 0 Å². The molecule has 0 amide bonds. The molecular weight excluding hydrogens is 420 g/mol. The fourth-order valence-corrected chi connectivity index (χ4v) is 3.64. The van der Waals surface area contributed by atoms with Crippen LogP contribution in [-0.2, 0) is 11.2 Å². The van der Waals surface area contributed by atoms with Crippen LogP contribution in [0.2, 0.25) is 0 Å². The molecule has 0 aliphatic carbocycles. The number of rotatable bonds is 3. The molecule has 0 bridgehead atoms. The van der Waals surface area contributed by atoms with Crippen LogP contribution in [0.3, 0.4) is 0 Å². The molecule has 2 aromatic rings.